The SMILES string of the molecule is CN(C)CC(=O)N1c2ccccc2CN2C(=O)CC[C@H]21. The average molecular weight is 273 g/mol. The van der Waals surface area contributed by atoms with Crippen molar-refractivity contribution in [1.29, 1.82) is 0 Å². The second kappa shape index (κ2) is 4.90. The van der Waals surface area contributed by atoms with Crippen LogP contribution < -0.4 is 4.90 Å². The van der Waals surface area contributed by atoms with Crippen molar-refractivity contribution < 1.29 is 9.59 Å². The fourth-order valence-electron chi connectivity index (χ4n) is 3.05. The summed E-state index contributed by atoms with van der Waals surface area (Å²) in [5.41, 5.74) is 2.00. The Morgan fingerprint density at radius 2 is 2.10 bits per heavy atom. The molecule has 1 saturated heterocycles. The highest BCUT2D eigenvalue weighted by Gasteiger charge is 2.42. The maximum Gasteiger partial charge on any atom is 0.242 e. The van der Waals surface area contributed by atoms with Crippen molar-refractivity contribution in [2.45, 2.75) is 25.6 Å². The Kier molecular flexibility index (Phi) is 3.22. The molecule has 0 aliphatic carbocycles. The Morgan fingerprint density at radius 1 is 1.35 bits per heavy atom. The molecule has 0 aromatic heterocycles. The molecule has 1 aromatic rings. The van der Waals surface area contributed by atoms with E-state index in [-0.39, 0.29) is 18.0 Å². The van der Waals surface area contributed by atoms with Gasteiger partial charge in [0.2, 0.25) is 11.8 Å². The molecule has 20 heavy (non-hydrogen) atoms. The van der Waals surface area contributed by atoms with Gasteiger partial charge < -0.3 is 9.80 Å². The molecule has 2 amide bonds. The zero-order valence-corrected chi connectivity index (χ0v) is 11.9. The molecule has 2 aliphatic rings. The van der Waals surface area contributed by atoms with Crippen molar-refractivity contribution in [2.24, 2.45) is 0 Å². The number of carbonyl (C=O) groups excluding carboxylic acids is 2. The Labute approximate surface area is 118 Å². The lowest BCUT2D eigenvalue weighted by molar-refractivity contribution is -0.130. The molecule has 0 unspecified atom stereocenters. The van der Waals surface area contributed by atoms with Gasteiger partial charge in [0.05, 0.1) is 12.2 Å². The second-order valence-electron chi connectivity index (χ2n) is 5.67. The Bertz CT molecular complexity index is 556. The summed E-state index contributed by atoms with van der Waals surface area (Å²) in [7, 11) is 3.76. The fraction of sp³-hybridized carbons (Fsp3) is 0.467. The maximum absolute atomic E-state index is 12.6. The first-order valence-corrected chi connectivity index (χ1v) is 6.92. The van der Waals surface area contributed by atoms with Crippen LogP contribution in [0.25, 0.3) is 0 Å². The van der Waals surface area contributed by atoms with E-state index >= 15 is 0 Å². The summed E-state index contributed by atoms with van der Waals surface area (Å²) in [6.07, 6.45) is 1.15. The normalized spacial score (nSPS) is 21.1. The lowest BCUT2D eigenvalue weighted by Crippen LogP contribution is -2.54. The van der Waals surface area contributed by atoms with E-state index in [1.54, 1.807) is 0 Å². The quantitative estimate of drug-likeness (QED) is 0.809. The molecule has 1 aromatic carbocycles. The second-order valence-corrected chi connectivity index (χ2v) is 5.67. The first kappa shape index (κ1) is 13.1. The molecular weight excluding hydrogens is 254 g/mol. The van der Waals surface area contributed by atoms with Gasteiger partial charge in [0.1, 0.15) is 6.17 Å². The maximum atomic E-state index is 12.6. The van der Waals surface area contributed by atoms with Crippen LogP contribution in [0.15, 0.2) is 24.3 Å². The first-order chi connectivity index (χ1) is 9.58. The number of nitrogens with zero attached hydrogens (tertiary/aromatic N) is 3. The van der Waals surface area contributed by atoms with Crippen molar-refractivity contribution in [1.82, 2.24) is 9.80 Å². The van der Waals surface area contributed by atoms with E-state index in [4.69, 9.17) is 0 Å². The van der Waals surface area contributed by atoms with Gasteiger partial charge in [0.25, 0.3) is 0 Å². The van der Waals surface area contributed by atoms with Crippen LogP contribution in [0.3, 0.4) is 0 Å². The third kappa shape index (κ3) is 2.08. The summed E-state index contributed by atoms with van der Waals surface area (Å²) in [5, 5.41) is 0. The van der Waals surface area contributed by atoms with Crippen molar-refractivity contribution in [3.8, 4) is 0 Å². The number of anilines is 1. The molecule has 5 nitrogen and oxygen atoms in total. The molecule has 1 atom stereocenters. The molecule has 0 N–H and O–H groups in total. The minimum atomic E-state index is -0.107. The van der Waals surface area contributed by atoms with Gasteiger partial charge in [-0.3, -0.25) is 14.5 Å². The molecule has 0 radical (unpaired) electrons. The monoisotopic (exact) mass is 273 g/mol. The van der Waals surface area contributed by atoms with Gasteiger partial charge in [-0.2, -0.15) is 0 Å². The van der Waals surface area contributed by atoms with Crippen molar-refractivity contribution in [2.75, 3.05) is 25.5 Å². The van der Waals surface area contributed by atoms with E-state index in [9.17, 15) is 9.59 Å². The molecule has 2 heterocycles. The molecule has 3 rings (SSSR count). The molecule has 0 saturated carbocycles. The van der Waals surface area contributed by atoms with Crippen LogP contribution in [0.2, 0.25) is 0 Å². The van der Waals surface area contributed by atoms with Crippen molar-refractivity contribution in [3.05, 3.63) is 29.8 Å². The minimum Gasteiger partial charge on any atom is -0.317 e. The summed E-state index contributed by atoms with van der Waals surface area (Å²) in [4.78, 5) is 30.1. The van der Waals surface area contributed by atoms with E-state index in [1.807, 2.05) is 53.1 Å². The van der Waals surface area contributed by atoms with E-state index < -0.39 is 0 Å². The highest BCUT2D eigenvalue weighted by atomic mass is 16.2. The number of hydrogen-bond donors (Lipinski definition) is 0. The molecule has 5 heteroatoms. The van der Waals surface area contributed by atoms with Gasteiger partial charge in [-0.05, 0) is 32.1 Å². The highest BCUT2D eigenvalue weighted by molar-refractivity contribution is 5.98. The Hall–Kier alpha value is -1.88. The number of likely N-dealkylation sites (N-methyl/N-ethyl adjacent to an activating group) is 1. The van der Waals surface area contributed by atoms with Crippen LogP contribution in [-0.4, -0.2) is 48.4 Å². The van der Waals surface area contributed by atoms with E-state index in [0.717, 1.165) is 17.7 Å². The van der Waals surface area contributed by atoms with Gasteiger partial charge in [0, 0.05) is 13.0 Å². The smallest absolute Gasteiger partial charge is 0.242 e. The number of fused-ring (bicyclic) bond motifs is 2. The summed E-state index contributed by atoms with van der Waals surface area (Å²) in [6, 6.07) is 7.87. The van der Waals surface area contributed by atoms with Gasteiger partial charge >= 0.3 is 0 Å². The number of hydrogen-bond acceptors (Lipinski definition) is 3. The topological polar surface area (TPSA) is 43.9 Å². The largest absolute Gasteiger partial charge is 0.317 e. The van der Waals surface area contributed by atoms with Gasteiger partial charge in [-0.25, -0.2) is 0 Å². The summed E-state index contributed by atoms with van der Waals surface area (Å²) < 4.78 is 0. The van der Waals surface area contributed by atoms with Crippen LogP contribution in [0.4, 0.5) is 5.69 Å². The summed E-state index contributed by atoms with van der Waals surface area (Å²) in [6.45, 7) is 0.971. The number of carbonyl (C=O) groups is 2. The molecule has 2 aliphatic heterocycles. The lowest BCUT2D eigenvalue weighted by atomic mass is 10.1. The third-order valence-electron chi connectivity index (χ3n) is 3.91. The molecule has 1 fully saturated rings. The van der Waals surface area contributed by atoms with Crippen LogP contribution in [-0.2, 0) is 16.1 Å². The van der Waals surface area contributed by atoms with Crippen LogP contribution >= 0.6 is 0 Å². The Balaban J connectivity index is 2.00. The van der Waals surface area contributed by atoms with Crippen molar-refractivity contribution in [3.63, 3.8) is 0 Å². The average Bonchev–Trinajstić information content (AvgIpc) is 2.76. The molecular formula is C15H19N3O2. The fourth-order valence-corrected chi connectivity index (χ4v) is 3.05. The van der Waals surface area contributed by atoms with Gasteiger partial charge in [-0.1, -0.05) is 18.2 Å². The predicted molar refractivity (Wildman–Crippen MR) is 76.1 cm³/mol. The minimum absolute atomic E-state index is 0.0480. The standard InChI is InChI=1S/C15H19N3O2/c1-16(2)10-15(20)18-12-6-4-3-5-11(12)9-17-13(18)7-8-14(17)19/h3-6,13H,7-10H2,1-2H3/t13-/m1/s1. The number of para-hydroxylation sites is 1. The van der Waals surface area contributed by atoms with E-state index in [0.29, 0.717) is 19.5 Å². The number of rotatable bonds is 2. The van der Waals surface area contributed by atoms with Crippen molar-refractivity contribution >= 4 is 17.5 Å². The number of benzene rings is 1. The van der Waals surface area contributed by atoms with Gasteiger partial charge in [0.15, 0.2) is 0 Å². The van der Waals surface area contributed by atoms with E-state index in [2.05, 4.69) is 0 Å². The Morgan fingerprint density at radius 3 is 2.85 bits per heavy atom. The van der Waals surface area contributed by atoms with Crippen LogP contribution in [0.5, 0.6) is 0 Å². The third-order valence-corrected chi connectivity index (χ3v) is 3.91. The van der Waals surface area contributed by atoms with Crippen LogP contribution in [0, 0.1) is 0 Å². The summed E-state index contributed by atoms with van der Waals surface area (Å²) in [5.74, 6) is 0.194. The number of amides is 2. The highest BCUT2D eigenvalue weighted by Crippen LogP contribution is 2.36. The molecule has 0 bridgehead atoms. The zero-order valence-electron chi connectivity index (χ0n) is 11.9. The molecule has 106 valence electrons. The summed E-state index contributed by atoms with van der Waals surface area (Å²) >= 11 is 0. The van der Waals surface area contributed by atoms with E-state index in [1.165, 1.54) is 0 Å². The van der Waals surface area contributed by atoms with Gasteiger partial charge in [-0.15, -0.1) is 0 Å². The lowest BCUT2D eigenvalue weighted by Gasteiger charge is -2.41. The molecule has 0 spiro atoms. The zero-order chi connectivity index (χ0) is 14.3. The van der Waals surface area contributed by atoms with Crippen LogP contribution in [0.1, 0.15) is 18.4 Å². The predicted octanol–water partition coefficient (Wildman–Crippen LogP) is 1.04. The first-order valence-electron chi connectivity index (χ1n) is 6.92.